The third-order valence-electron chi connectivity index (χ3n) is 2.97. The molecule has 0 saturated carbocycles. The first kappa shape index (κ1) is 15.4. The summed E-state index contributed by atoms with van der Waals surface area (Å²) in [7, 11) is 1.67. The number of hydrogen-bond donors (Lipinski definition) is 1. The van der Waals surface area contributed by atoms with E-state index in [1.165, 1.54) is 6.07 Å². The maximum atomic E-state index is 14.0. The zero-order valence-corrected chi connectivity index (χ0v) is 11.9. The van der Waals surface area contributed by atoms with E-state index in [0.29, 0.717) is 10.6 Å². The first-order valence-electron chi connectivity index (χ1n) is 6.35. The Hall–Kier alpha value is -0.640. The van der Waals surface area contributed by atoms with Gasteiger partial charge in [0, 0.05) is 17.7 Å². The van der Waals surface area contributed by atoms with E-state index < -0.39 is 0 Å². The van der Waals surface area contributed by atoms with Gasteiger partial charge in [0.15, 0.2) is 0 Å². The molecule has 1 rings (SSSR count). The minimum Gasteiger partial charge on any atom is -0.379 e. The predicted molar refractivity (Wildman–Crippen MR) is 73.5 cm³/mol. The Morgan fingerprint density at radius 2 is 2.11 bits per heavy atom. The zero-order valence-electron chi connectivity index (χ0n) is 11.2. The number of methoxy groups -OCH3 is 1. The molecule has 1 N–H and O–H groups in total. The van der Waals surface area contributed by atoms with E-state index in [1.807, 2.05) is 6.92 Å². The van der Waals surface area contributed by atoms with Gasteiger partial charge in [0.1, 0.15) is 5.82 Å². The van der Waals surface area contributed by atoms with Gasteiger partial charge in [0.25, 0.3) is 0 Å². The maximum absolute atomic E-state index is 14.0. The Bertz CT molecular complexity index is 373. The summed E-state index contributed by atoms with van der Waals surface area (Å²) in [4.78, 5) is 0. The number of nitrogens with one attached hydrogen (secondary N) is 1. The Balaban J connectivity index is 3.01. The SMILES string of the molecule is CCCC(OC)C(NCC)c1ccc(Cl)cc1F. The molecule has 2 atom stereocenters. The van der Waals surface area contributed by atoms with Gasteiger partial charge in [-0.25, -0.2) is 4.39 Å². The fraction of sp³-hybridized carbons (Fsp3) is 0.571. The molecule has 0 aliphatic heterocycles. The quantitative estimate of drug-likeness (QED) is 0.812. The van der Waals surface area contributed by atoms with Crippen molar-refractivity contribution in [1.82, 2.24) is 5.32 Å². The smallest absolute Gasteiger partial charge is 0.129 e. The monoisotopic (exact) mass is 273 g/mol. The maximum Gasteiger partial charge on any atom is 0.129 e. The minimum atomic E-state index is -0.286. The molecule has 4 heteroatoms. The lowest BCUT2D eigenvalue weighted by atomic mass is 9.97. The fourth-order valence-corrected chi connectivity index (χ4v) is 2.28. The molecule has 0 bridgehead atoms. The van der Waals surface area contributed by atoms with Crippen LogP contribution in [0.2, 0.25) is 5.02 Å². The molecule has 0 spiro atoms. The van der Waals surface area contributed by atoms with E-state index >= 15 is 0 Å². The summed E-state index contributed by atoms with van der Waals surface area (Å²) < 4.78 is 19.5. The van der Waals surface area contributed by atoms with Crippen LogP contribution in [0.4, 0.5) is 4.39 Å². The molecular weight excluding hydrogens is 253 g/mol. The van der Waals surface area contributed by atoms with Gasteiger partial charge in [-0.15, -0.1) is 0 Å². The van der Waals surface area contributed by atoms with Crippen LogP contribution in [0.1, 0.15) is 38.3 Å². The average Bonchev–Trinajstić information content (AvgIpc) is 2.34. The van der Waals surface area contributed by atoms with Crippen molar-refractivity contribution in [2.75, 3.05) is 13.7 Å². The summed E-state index contributed by atoms with van der Waals surface area (Å²) in [6.07, 6.45) is 1.84. The highest BCUT2D eigenvalue weighted by molar-refractivity contribution is 6.30. The van der Waals surface area contributed by atoms with Crippen molar-refractivity contribution in [2.24, 2.45) is 0 Å². The van der Waals surface area contributed by atoms with E-state index in [2.05, 4.69) is 12.2 Å². The second kappa shape index (κ2) is 7.72. The van der Waals surface area contributed by atoms with Crippen LogP contribution in [-0.2, 0) is 4.74 Å². The molecule has 0 fully saturated rings. The molecule has 2 unspecified atom stereocenters. The minimum absolute atomic E-state index is 0.0365. The molecule has 1 aromatic carbocycles. The topological polar surface area (TPSA) is 21.3 Å². The van der Waals surface area contributed by atoms with E-state index in [4.69, 9.17) is 16.3 Å². The molecule has 0 radical (unpaired) electrons. The molecule has 102 valence electrons. The van der Waals surface area contributed by atoms with Crippen LogP contribution in [0.5, 0.6) is 0 Å². The number of benzene rings is 1. The summed E-state index contributed by atoms with van der Waals surface area (Å²) in [6, 6.07) is 4.65. The predicted octanol–water partition coefficient (Wildman–Crippen LogP) is 3.94. The normalized spacial score (nSPS) is 14.5. The highest BCUT2D eigenvalue weighted by Crippen LogP contribution is 2.26. The molecule has 0 amide bonds. The van der Waals surface area contributed by atoms with E-state index in [1.54, 1.807) is 19.2 Å². The van der Waals surface area contributed by atoms with Gasteiger partial charge in [-0.2, -0.15) is 0 Å². The lowest BCUT2D eigenvalue weighted by Crippen LogP contribution is -2.33. The summed E-state index contributed by atoms with van der Waals surface area (Å²) in [6.45, 7) is 4.85. The molecule has 0 heterocycles. The molecule has 18 heavy (non-hydrogen) atoms. The van der Waals surface area contributed by atoms with Crippen LogP contribution in [0, 0.1) is 5.82 Å². The summed E-state index contributed by atoms with van der Waals surface area (Å²) in [5.74, 6) is -0.286. The van der Waals surface area contributed by atoms with Crippen LogP contribution in [0.15, 0.2) is 18.2 Å². The third-order valence-corrected chi connectivity index (χ3v) is 3.20. The van der Waals surface area contributed by atoms with Crippen molar-refractivity contribution < 1.29 is 9.13 Å². The Morgan fingerprint density at radius 3 is 2.61 bits per heavy atom. The Kier molecular flexibility index (Phi) is 6.61. The number of likely N-dealkylation sites (N-methyl/N-ethyl adjacent to an activating group) is 1. The van der Waals surface area contributed by atoms with Crippen LogP contribution >= 0.6 is 11.6 Å². The summed E-state index contributed by atoms with van der Waals surface area (Å²) in [5, 5.41) is 3.70. The highest BCUT2D eigenvalue weighted by atomic mass is 35.5. The van der Waals surface area contributed by atoms with Crippen molar-refractivity contribution in [3.8, 4) is 0 Å². The largest absolute Gasteiger partial charge is 0.379 e. The first-order chi connectivity index (χ1) is 8.63. The second-order valence-electron chi connectivity index (χ2n) is 4.26. The van der Waals surface area contributed by atoms with Crippen molar-refractivity contribution in [3.05, 3.63) is 34.6 Å². The molecular formula is C14H21ClFNO. The molecule has 0 aliphatic rings. The van der Waals surface area contributed by atoms with Crippen LogP contribution in [0.3, 0.4) is 0 Å². The summed E-state index contributed by atoms with van der Waals surface area (Å²) >= 11 is 5.78. The molecule has 0 aromatic heterocycles. The Morgan fingerprint density at radius 1 is 1.39 bits per heavy atom. The third kappa shape index (κ3) is 3.94. The van der Waals surface area contributed by atoms with Gasteiger partial charge in [0.05, 0.1) is 12.1 Å². The number of hydrogen-bond acceptors (Lipinski definition) is 2. The first-order valence-corrected chi connectivity index (χ1v) is 6.72. The molecule has 0 saturated heterocycles. The standard InChI is InChI=1S/C14H21ClFNO/c1-4-6-13(18-3)14(17-5-2)11-8-7-10(15)9-12(11)16/h7-9,13-14,17H,4-6H2,1-3H3. The molecule has 1 aromatic rings. The van der Waals surface area contributed by atoms with Gasteiger partial charge < -0.3 is 10.1 Å². The zero-order chi connectivity index (χ0) is 13.5. The highest BCUT2D eigenvalue weighted by Gasteiger charge is 2.24. The lowest BCUT2D eigenvalue weighted by Gasteiger charge is -2.27. The number of ether oxygens (including phenoxy) is 1. The molecule has 0 aliphatic carbocycles. The van der Waals surface area contributed by atoms with Crippen molar-refractivity contribution >= 4 is 11.6 Å². The number of halogens is 2. The van der Waals surface area contributed by atoms with Gasteiger partial charge >= 0.3 is 0 Å². The van der Waals surface area contributed by atoms with E-state index in [-0.39, 0.29) is 18.0 Å². The summed E-state index contributed by atoms with van der Waals surface area (Å²) in [5.41, 5.74) is 0.613. The number of rotatable bonds is 7. The van der Waals surface area contributed by atoms with E-state index in [0.717, 1.165) is 19.4 Å². The van der Waals surface area contributed by atoms with Crippen LogP contribution < -0.4 is 5.32 Å². The molecule has 2 nitrogen and oxygen atoms in total. The fourth-order valence-electron chi connectivity index (χ4n) is 2.12. The van der Waals surface area contributed by atoms with Gasteiger partial charge in [0.2, 0.25) is 0 Å². The van der Waals surface area contributed by atoms with Gasteiger partial charge in [-0.3, -0.25) is 0 Å². The lowest BCUT2D eigenvalue weighted by molar-refractivity contribution is 0.0600. The van der Waals surface area contributed by atoms with Crippen LogP contribution in [0.25, 0.3) is 0 Å². The van der Waals surface area contributed by atoms with Crippen molar-refractivity contribution in [2.45, 2.75) is 38.8 Å². The van der Waals surface area contributed by atoms with Crippen molar-refractivity contribution in [3.63, 3.8) is 0 Å². The van der Waals surface area contributed by atoms with Crippen LogP contribution in [-0.4, -0.2) is 19.8 Å². The van der Waals surface area contributed by atoms with Gasteiger partial charge in [-0.1, -0.05) is 37.9 Å². The Labute approximate surface area is 113 Å². The van der Waals surface area contributed by atoms with Gasteiger partial charge in [-0.05, 0) is 25.1 Å². The second-order valence-corrected chi connectivity index (χ2v) is 4.70. The van der Waals surface area contributed by atoms with E-state index in [9.17, 15) is 4.39 Å². The average molecular weight is 274 g/mol. The van der Waals surface area contributed by atoms with Crippen molar-refractivity contribution in [1.29, 1.82) is 0 Å².